The smallest absolute Gasteiger partial charge is 0.262 e. The van der Waals surface area contributed by atoms with Gasteiger partial charge in [0.2, 0.25) is 0 Å². The van der Waals surface area contributed by atoms with Crippen LogP contribution >= 0.6 is 0 Å². The molecule has 0 aromatic heterocycles. The third kappa shape index (κ3) is 5.64. The second-order valence-electron chi connectivity index (χ2n) is 5.39. The van der Waals surface area contributed by atoms with Crippen LogP contribution in [0.25, 0.3) is 0 Å². The van der Waals surface area contributed by atoms with Crippen LogP contribution in [0.5, 0.6) is 23.0 Å². The minimum atomic E-state index is -0.366. The van der Waals surface area contributed by atoms with E-state index >= 15 is 0 Å². The average molecular weight is 373 g/mol. The summed E-state index contributed by atoms with van der Waals surface area (Å²) in [7, 11) is 1.51. The Kier molecular flexibility index (Phi) is 7.49. The molecule has 2 aromatic rings. The molecule has 0 saturated carbocycles. The molecule has 0 aliphatic carbocycles. The number of benzene rings is 2. The van der Waals surface area contributed by atoms with Crippen LogP contribution in [0.4, 0.5) is 5.69 Å². The fourth-order valence-corrected chi connectivity index (χ4v) is 2.35. The van der Waals surface area contributed by atoms with E-state index in [1.54, 1.807) is 36.4 Å². The van der Waals surface area contributed by atoms with Crippen molar-refractivity contribution < 1.29 is 28.5 Å². The van der Waals surface area contributed by atoms with Gasteiger partial charge in [-0.15, -0.1) is 0 Å². The largest absolute Gasteiger partial charge is 0.497 e. The number of aldehydes is 1. The first-order chi connectivity index (χ1) is 13.1. The van der Waals surface area contributed by atoms with E-state index in [2.05, 4.69) is 5.32 Å². The number of hydrogen-bond acceptors (Lipinski definition) is 6. The normalized spacial score (nSPS) is 10.0. The van der Waals surface area contributed by atoms with Crippen molar-refractivity contribution in [3.63, 3.8) is 0 Å². The van der Waals surface area contributed by atoms with Crippen LogP contribution in [0.2, 0.25) is 0 Å². The lowest BCUT2D eigenvalue weighted by Crippen LogP contribution is -2.20. The van der Waals surface area contributed by atoms with Crippen molar-refractivity contribution in [2.45, 2.75) is 13.8 Å². The maximum absolute atomic E-state index is 12.2. The van der Waals surface area contributed by atoms with Crippen LogP contribution in [0.1, 0.15) is 24.2 Å². The van der Waals surface area contributed by atoms with Gasteiger partial charge in [-0.1, -0.05) is 0 Å². The Hall–Kier alpha value is -3.22. The highest BCUT2D eigenvalue weighted by molar-refractivity contribution is 5.92. The third-order valence-corrected chi connectivity index (χ3v) is 3.53. The number of ether oxygens (including phenoxy) is 4. The highest BCUT2D eigenvalue weighted by Gasteiger charge is 2.11. The van der Waals surface area contributed by atoms with Crippen molar-refractivity contribution in [2.24, 2.45) is 0 Å². The maximum atomic E-state index is 12.2. The van der Waals surface area contributed by atoms with Crippen molar-refractivity contribution in [3.8, 4) is 23.0 Å². The van der Waals surface area contributed by atoms with Crippen LogP contribution in [0.15, 0.2) is 36.4 Å². The summed E-state index contributed by atoms with van der Waals surface area (Å²) in [5, 5.41) is 2.73. The number of anilines is 1. The molecule has 0 radical (unpaired) electrons. The van der Waals surface area contributed by atoms with E-state index in [-0.39, 0.29) is 12.5 Å². The van der Waals surface area contributed by atoms with E-state index in [0.717, 1.165) is 0 Å². The number of carbonyl (C=O) groups is 2. The lowest BCUT2D eigenvalue weighted by atomic mass is 10.2. The van der Waals surface area contributed by atoms with E-state index in [1.807, 2.05) is 13.8 Å². The van der Waals surface area contributed by atoms with Crippen molar-refractivity contribution in [2.75, 3.05) is 32.2 Å². The molecule has 0 unspecified atom stereocenters. The van der Waals surface area contributed by atoms with E-state index < -0.39 is 0 Å². The molecule has 2 aromatic carbocycles. The van der Waals surface area contributed by atoms with Crippen molar-refractivity contribution in [3.05, 3.63) is 42.0 Å². The van der Waals surface area contributed by atoms with E-state index in [1.165, 1.54) is 7.11 Å². The summed E-state index contributed by atoms with van der Waals surface area (Å²) >= 11 is 0. The van der Waals surface area contributed by atoms with Crippen LogP contribution in [-0.2, 0) is 4.79 Å². The first-order valence-electron chi connectivity index (χ1n) is 8.56. The van der Waals surface area contributed by atoms with Gasteiger partial charge in [-0.05, 0) is 44.2 Å². The van der Waals surface area contributed by atoms with Crippen molar-refractivity contribution >= 4 is 17.9 Å². The average Bonchev–Trinajstić information content (AvgIpc) is 2.68. The molecule has 7 nitrogen and oxygen atoms in total. The molecule has 144 valence electrons. The molecule has 0 bridgehead atoms. The third-order valence-electron chi connectivity index (χ3n) is 3.53. The summed E-state index contributed by atoms with van der Waals surface area (Å²) in [5.41, 5.74) is 0.864. The summed E-state index contributed by atoms with van der Waals surface area (Å²) in [6, 6.07) is 9.92. The maximum Gasteiger partial charge on any atom is 0.262 e. The zero-order chi connectivity index (χ0) is 19.6. The lowest BCUT2D eigenvalue weighted by Gasteiger charge is -2.13. The number of rotatable bonds is 10. The number of carbonyl (C=O) groups excluding carboxylic acids is 2. The van der Waals surface area contributed by atoms with Gasteiger partial charge >= 0.3 is 0 Å². The SMILES string of the molecule is CCOc1ccc(NC(=O)COc2ccc(OC)cc2C=O)cc1OCC. The highest BCUT2D eigenvalue weighted by Crippen LogP contribution is 2.30. The van der Waals surface area contributed by atoms with E-state index in [4.69, 9.17) is 18.9 Å². The van der Waals surface area contributed by atoms with Gasteiger partial charge in [0, 0.05) is 11.8 Å². The molecule has 0 fully saturated rings. The summed E-state index contributed by atoms with van der Waals surface area (Å²) < 4.78 is 21.5. The second kappa shape index (κ2) is 10.1. The molecule has 0 aliphatic rings. The lowest BCUT2D eigenvalue weighted by molar-refractivity contribution is -0.118. The van der Waals surface area contributed by atoms with Gasteiger partial charge in [0.1, 0.15) is 11.5 Å². The molecule has 1 amide bonds. The number of nitrogens with one attached hydrogen (secondary N) is 1. The quantitative estimate of drug-likeness (QED) is 0.643. The molecule has 7 heteroatoms. The van der Waals surface area contributed by atoms with Gasteiger partial charge in [0.15, 0.2) is 24.4 Å². The molecule has 27 heavy (non-hydrogen) atoms. The van der Waals surface area contributed by atoms with Crippen LogP contribution in [0, 0.1) is 0 Å². The van der Waals surface area contributed by atoms with Gasteiger partial charge in [-0.2, -0.15) is 0 Å². The van der Waals surface area contributed by atoms with Crippen LogP contribution in [0.3, 0.4) is 0 Å². The number of amides is 1. The molecular formula is C20H23NO6. The standard InChI is InChI=1S/C20H23NO6/c1-4-25-18-8-6-15(11-19(18)26-5-2)21-20(23)13-27-17-9-7-16(24-3)10-14(17)12-22/h6-12H,4-5,13H2,1-3H3,(H,21,23). The number of methoxy groups -OCH3 is 1. The molecule has 2 rings (SSSR count). The van der Waals surface area contributed by atoms with Gasteiger partial charge in [-0.3, -0.25) is 9.59 Å². The Labute approximate surface area is 158 Å². The minimum Gasteiger partial charge on any atom is -0.497 e. The van der Waals surface area contributed by atoms with Crippen molar-refractivity contribution in [1.29, 1.82) is 0 Å². The van der Waals surface area contributed by atoms with Gasteiger partial charge < -0.3 is 24.3 Å². The molecule has 0 saturated heterocycles. The molecule has 0 aliphatic heterocycles. The van der Waals surface area contributed by atoms with E-state index in [9.17, 15) is 9.59 Å². The first-order valence-corrected chi connectivity index (χ1v) is 8.56. The van der Waals surface area contributed by atoms with Gasteiger partial charge in [0.05, 0.1) is 25.9 Å². The summed E-state index contributed by atoms with van der Waals surface area (Å²) in [6.45, 7) is 4.50. The molecule has 0 atom stereocenters. The highest BCUT2D eigenvalue weighted by atomic mass is 16.5. The number of hydrogen-bond donors (Lipinski definition) is 1. The Morgan fingerprint density at radius 3 is 2.33 bits per heavy atom. The fraction of sp³-hybridized carbons (Fsp3) is 0.300. The summed E-state index contributed by atoms with van der Waals surface area (Å²) in [6.07, 6.45) is 0.649. The summed E-state index contributed by atoms with van der Waals surface area (Å²) in [5.74, 6) is 1.64. The minimum absolute atomic E-state index is 0.246. The van der Waals surface area contributed by atoms with Gasteiger partial charge in [-0.25, -0.2) is 0 Å². The van der Waals surface area contributed by atoms with Crippen LogP contribution < -0.4 is 24.3 Å². The Balaban J connectivity index is 2.01. The first kappa shape index (κ1) is 20.1. The van der Waals surface area contributed by atoms with Crippen molar-refractivity contribution in [1.82, 2.24) is 0 Å². The predicted octanol–water partition coefficient (Wildman–Crippen LogP) is 3.32. The second-order valence-corrected chi connectivity index (χ2v) is 5.39. The Bertz CT molecular complexity index is 790. The monoisotopic (exact) mass is 373 g/mol. The molecule has 1 N–H and O–H groups in total. The predicted molar refractivity (Wildman–Crippen MR) is 101 cm³/mol. The zero-order valence-corrected chi connectivity index (χ0v) is 15.6. The topological polar surface area (TPSA) is 83.1 Å². The Morgan fingerprint density at radius 2 is 1.67 bits per heavy atom. The molecule has 0 heterocycles. The molecular weight excluding hydrogens is 350 g/mol. The summed E-state index contributed by atoms with van der Waals surface area (Å²) in [4.78, 5) is 23.3. The van der Waals surface area contributed by atoms with Crippen LogP contribution in [-0.4, -0.2) is 39.1 Å². The Morgan fingerprint density at radius 1 is 0.963 bits per heavy atom. The zero-order valence-electron chi connectivity index (χ0n) is 15.6. The van der Waals surface area contributed by atoms with Gasteiger partial charge in [0.25, 0.3) is 5.91 Å². The molecule has 0 spiro atoms. The van der Waals surface area contributed by atoms with E-state index in [0.29, 0.717) is 53.7 Å². The fourth-order valence-electron chi connectivity index (χ4n) is 2.35.